The highest BCUT2D eigenvalue weighted by Crippen LogP contribution is 2.16. The molecule has 0 fully saturated rings. The molecule has 0 spiro atoms. The first-order valence-corrected chi connectivity index (χ1v) is 6.04. The van der Waals surface area contributed by atoms with Gasteiger partial charge in [-0.25, -0.2) is 0 Å². The number of carboxylic acids is 1. The second-order valence-corrected chi connectivity index (χ2v) is 4.65. The molecule has 4 heteroatoms. The lowest BCUT2D eigenvalue weighted by Crippen LogP contribution is -2.14. The van der Waals surface area contributed by atoms with Crippen molar-refractivity contribution >= 4 is 17.3 Å². The Hall–Kier alpha value is -0.870. The van der Waals surface area contributed by atoms with E-state index in [1.165, 1.54) is 9.75 Å². The Kier molecular flexibility index (Phi) is 5.36. The van der Waals surface area contributed by atoms with Crippen LogP contribution in [-0.4, -0.2) is 17.6 Å². The first-order valence-electron chi connectivity index (χ1n) is 5.22. The van der Waals surface area contributed by atoms with Gasteiger partial charge in [0.15, 0.2) is 0 Å². The van der Waals surface area contributed by atoms with Crippen molar-refractivity contribution in [1.29, 1.82) is 0 Å². The summed E-state index contributed by atoms with van der Waals surface area (Å²) in [7, 11) is 0. The predicted molar refractivity (Wildman–Crippen MR) is 62.3 cm³/mol. The molecule has 1 rings (SSSR count). The van der Waals surface area contributed by atoms with Gasteiger partial charge in [-0.15, -0.1) is 11.3 Å². The van der Waals surface area contributed by atoms with E-state index in [2.05, 4.69) is 24.4 Å². The van der Waals surface area contributed by atoms with E-state index >= 15 is 0 Å². The molecular formula is C11H17NO2S. The first-order chi connectivity index (χ1) is 7.22. The fourth-order valence-corrected chi connectivity index (χ4v) is 2.21. The number of carbonyl (C=O) groups is 1. The molecular weight excluding hydrogens is 210 g/mol. The summed E-state index contributed by atoms with van der Waals surface area (Å²) in [4.78, 5) is 13.0. The van der Waals surface area contributed by atoms with Gasteiger partial charge in [-0.05, 0) is 31.5 Å². The van der Waals surface area contributed by atoms with Crippen molar-refractivity contribution < 1.29 is 9.90 Å². The Morgan fingerprint density at radius 2 is 2.20 bits per heavy atom. The molecule has 0 radical (unpaired) electrons. The fraction of sp³-hybridized carbons (Fsp3) is 0.545. The molecule has 0 aliphatic rings. The highest BCUT2D eigenvalue weighted by atomic mass is 32.1. The van der Waals surface area contributed by atoms with Crippen molar-refractivity contribution in [2.75, 3.05) is 6.54 Å². The van der Waals surface area contributed by atoms with Crippen molar-refractivity contribution in [1.82, 2.24) is 5.32 Å². The van der Waals surface area contributed by atoms with E-state index in [1.807, 2.05) is 11.3 Å². The van der Waals surface area contributed by atoms with E-state index in [-0.39, 0.29) is 6.42 Å². The lowest BCUT2D eigenvalue weighted by molar-refractivity contribution is -0.137. The number of thiophene rings is 1. The number of hydrogen-bond donors (Lipinski definition) is 2. The third kappa shape index (κ3) is 4.95. The minimum atomic E-state index is -0.721. The van der Waals surface area contributed by atoms with E-state index in [4.69, 9.17) is 5.11 Å². The SMILES string of the molecule is CCc1ccc(CNCCCC(=O)O)s1. The summed E-state index contributed by atoms with van der Waals surface area (Å²) >= 11 is 1.82. The molecule has 1 aromatic rings. The summed E-state index contributed by atoms with van der Waals surface area (Å²) in [5, 5.41) is 11.7. The van der Waals surface area contributed by atoms with Crippen molar-refractivity contribution in [3.05, 3.63) is 21.9 Å². The Labute approximate surface area is 94.1 Å². The molecule has 1 heterocycles. The second kappa shape index (κ2) is 6.58. The van der Waals surface area contributed by atoms with Crippen molar-refractivity contribution in [3.8, 4) is 0 Å². The minimum absolute atomic E-state index is 0.248. The zero-order valence-corrected chi connectivity index (χ0v) is 9.77. The van der Waals surface area contributed by atoms with Gasteiger partial charge in [0.2, 0.25) is 0 Å². The van der Waals surface area contributed by atoms with Crippen molar-refractivity contribution in [2.45, 2.75) is 32.7 Å². The van der Waals surface area contributed by atoms with Gasteiger partial charge in [-0.1, -0.05) is 6.92 Å². The average Bonchev–Trinajstić information content (AvgIpc) is 2.65. The molecule has 0 aliphatic heterocycles. The normalized spacial score (nSPS) is 10.5. The Bertz CT molecular complexity index is 309. The quantitative estimate of drug-likeness (QED) is 0.702. The van der Waals surface area contributed by atoms with Crippen LogP contribution in [0.3, 0.4) is 0 Å². The molecule has 3 nitrogen and oxygen atoms in total. The lowest BCUT2D eigenvalue weighted by atomic mass is 10.3. The summed E-state index contributed by atoms with van der Waals surface area (Å²) in [6.07, 6.45) is 2.03. The average molecular weight is 227 g/mol. The van der Waals surface area contributed by atoms with Gasteiger partial charge in [-0.3, -0.25) is 4.79 Å². The van der Waals surface area contributed by atoms with E-state index < -0.39 is 5.97 Å². The fourth-order valence-electron chi connectivity index (χ4n) is 1.28. The molecule has 15 heavy (non-hydrogen) atoms. The maximum atomic E-state index is 10.2. The van der Waals surface area contributed by atoms with Crippen molar-refractivity contribution in [3.63, 3.8) is 0 Å². The van der Waals surface area contributed by atoms with Crippen LogP contribution in [0.2, 0.25) is 0 Å². The largest absolute Gasteiger partial charge is 0.481 e. The first kappa shape index (κ1) is 12.2. The number of hydrogen-bond acceptors (Lipinski definition) is 3. The third-order valence-electron chi connectivity index (χ3n) is 2.11. The second-order valence-electron chi connectivity index (χ2n) is 3.40. The maximum Gasteiger partial charge on any atom is 0.303 e. The van der Waals surface area contributed by atoms with Crippen LogP contribution in [0.1, 0.15) is 29.5 Å². The van der Waals surface area contributed by atoms with Gasteiger partial charge in [0.05, 0.1) is 0 Å². The predicted octanol–water partition coefficient (Wildman–Crippen LogP) is 2.26. The van der Waals surface area contributed by atoms with Crippen LogP contribution in [0.25, 0.3) is 0 Å². The number of aliphatic carboxylic acids is 1. The molecule has 0 unspecified atom stereocenters. The van der Waals surface area contributed by atoms with Crippen LogP contribution in [-0.2, 0) is 17.8 Å². The summed E-state index contributed by atoms with van der Waals surface area (Å²) in [5.41, 5.74) is 0. The molecule has 0 saturated heterocycles. The molecule has 0 bridgehead atoms. The van der Waals surface area contributed by atoms with Gasteiger partial charge in [-0.2, -0.15) is 0 Å². The number of rotatable bonds is 7. The third-order valence-corrected chi connectivity index (χ3v) is 3.34. The Morgan fingerprint density at radius 1 is 1.47 bits per heavy atom. The van der Waals surface area contributed by atoms with Crippen LogP contribution in [0, 0.1) is 0 Å². The number of carboxylic acid groups (broad SMARTS) is 1. The molecule has 2 N–H and O–H groups in total. The van der Waals surface area contributed by atoms with Gasteiger partial charge >= 0.3 is 5.97 Å². The molecule has 1 aromatic heterocycles. The van der Waals surface area contributed by atoms with Crippen LogP contribution in [0.15, 0.2) is 12.1 Å². The van der Waals surface area contributed by atoms with Crippen LogP contribution < -0.4 is 5.32 Å². The molecule has 84 valence electrons. The number of aryl methyl sites for hydroxylation is 1. The highest BCUT2D eigenvalue weighted by molar-refractivity contribution is 7.11. The maximum absolute atomic E-state index is 10.2. The molecule has 0 aliphatic carbocycles. The van der Waals surface area contributed by atoms with E-state index in [0.717, 1.165) is 19.5 Å². The highest BCUT2D eigenvalue weighted by Gasteiger charge is 1.99. The van der Waals surface area contributed by atoms with Gasteiger partial charge in [0.25, 0.3) is 0 Å². The van der Waals surface area contributed by atoms with E-state index in [1.54, 1.807) is 0 Å². The van der Waals surface area contributed by atoms with Gasteiger partial charge < -0.3 is 10.4 Å². The molecule has 0 amide bonds. The van der Waals surface area contributed by atoms with Crippen LogP contribution in [0.5, 0.6) is 0 Å². The van der Waals surface area contributed by atoms with E-state index in [9.17, 15) is 4.79 Å². The topological polar surface area (TPSA) is 49.3 Å². The monoisotopic (exact) mass is 227 g/mol. The van der Waals surface area contributed by atoms with Crippen molar-refractivity contribution in [2.24, 2.45) is 0 Å². The summed E-state index contributed by atoms with van der Waals surface area (Å²) in [5.74, 6) is -0.721. The minimum Gasteiger partial charge on any atom is -0.481 e. The van der Waals surface area contributed by atoms with Crippen LogP contribution in [0.4, 0.5) is 0 Å². The van der Waals surface area contributed by atoms with Gasteiger partial charge in [0.1, 0.15) is 0 Å². The number of nitrogens with one attached hydrogen (secondary N) is 1. The standard InChI is InChI=1S/C11H17NO2S/c1-2-9-5-6-10(15-9)8-12-7-3-4-11(13)14/h5-6,12H,2-4,7-8H2,1H3,(H,13,14). The van der Waals surface area contributed by atoms with Crippen LogP contribution >= 0.6 is 11.3 Å². The lowest BCUT2D eigenvalue weighted by Gasteiger charge is -2.00. The summed E-state index contributed by atoms with van der Waals surface area (Å²) in [6.45, 7) is 3.77. The Balaban J connectivity index is 2.12. The molecule has 0 aromatic carbocycles. The van der Waals surface area contributed by atoms with Gasteiger partial charge in [0, 0.05) is 22.7 Å². The smallest absolute Gasteiger partial charge is 0.303 e. The van der Waals surface area contributed by atoms with E-state index in [0.29, 0.717) is 6.42 Å². The summed E-state index contributed by atoms with van der Waals surface area (Å²) < 4.78 is 0. The molecule has 0 saturated carbocycles. The zero-order valence-electron chi connectivity index (χ0n) is 8.95. The summed E-state index contributed by atoms with van der Waals surface area (Å²) in [6, 6.07) is 4.28. The zero-order chi connectivity index (χ0) is 11.1. The Morgan fingerprint density at radius 3 is 2.80 bits per heavy atom. The molecule has 0 atom stereocenters.